The van der Waals surface area contributed by atoms with Crippen LogP contribution < -0.4 is 16.2 Å². The second-order valence-corrected chi connectivity index (χ2v) is 4.15. The summed E-state index contributed by atoms with van der Waals surface area (Å²) in [6.45, 7) is 1.89. The van der Waals surface area contributed by atoms with Crippen LogP contribution in [-0.4, -0.2) is 5.91 Å². The number of anilines is 1. The summed E-state index contributed by atoms with van der Waals surface area (Å²) in [6.07, 6.45) is 0. The fourth-order valence-electron chi connectivity index (χ4n) is 1.62. The lowest BCUT2D eigenvalue weighted by atomic mass is 10.2. The van der Waals surface area contributed by atoms with E-state index in [9.17, 15) is 9.18 Å². The predicted molar refractivity (Wildman–Crippen MR) is 70.6 cm³/mol. The number of ether oxygens (including phenoxy) is 1. The first-order valence-electron chi connectivity index (χ1n) is 5.60. The van der Waals surface area contributed by atoms with Crippen LogP contribution in [0.4, 0.5) is 10.1 Å². The maximum atomic E-state index is 13.6. The lowest BCUT2D eigenvalue weighted by molar-refractivity contribution is 0.0996. The molecule has 5 heteroatoms. The van der Waals surface area contributed by atoms with Crippen molar-refractivity contribution in [2.45, 2.75) is 6.92 Å². The molecule has 0 bridgehead atoms. The van der Waals surface area contributed by atoms with Crippen LogP contribution in [0.2, 0.25) is 0 Å². The number of amides is 1. The van der Waals surface area contributed by atoms with Crippen LogP contribution in [0.15, 0.2) is 36.4 Å². The highest BCUT2D eigenvalue weighted by molar-refractivity contribution is 5.93. The van der Waals surface area contributed by atoms with Crippen molar-refractivity contribution in [3.8, 4) is 11.5 Å². The molecule has 2 aromatic carbocycles. The molecule has 2 rings (SSSR count). The minimum absolute atomic E-state index is 0.176. The van der Waals surface area contributed by atoms with E-state index in [1.54, 1.807) is 12.1 Å². The number of nitrogen functional groups attached to an aromatic ring is 1. The van der Waals surface area contributed by atoms with Crippen molar-refractivity contribution in [1.82, 2.24) is 0 Å². The molecule has 0 aliphatic rings. The molecule has 0 aliphatic carbocycles. The van der Waals surface area contributed by atoms with Crippen LogP contribution in [0.25, 0.3) is 0 Å². The average molecular weight is 260 g/mol. The average Bonchev–Trinajstić information content (AvgIpc) is 2.33. The maximum Gasteiger partial charge on any atom is 0.251 e. The van der Waals surface area contributed by atoms with E-state index in [2.05, 4.69) is 0 Å². The number of hydrogen-bond donors (Lipinski definition) is 2. The fourth-order valence-corrected chi connectivity index (χ4v) is 1.62. The molecule has 1 amide bonds. The predicted octanol–water partition coefficient (Wildman–Crippen LogP) is 2.61. The third-order valence-electron chi connectivity index (χ3n) is 2.60. The molecule has 4 N–H and O–H groups in total. The highest BCUT2D eigenvalue weighted by atomic mass is 19.1. The number of hydrogen-bond acceptors (Lipinski definition) is 3. The van der Waals surface area contributed by atoms with Gasteiger partial charge in [-0.3, -0.25) is 4.79 Å². The van der Waals surface area contributed by atoms with Gasteiger partial charge in [-0.1, -0.05) is 6.07 Å². The Bertz CT molecular complexity index is 641. The van der Waals surface area contributed by atoms with E-state index < -0.39 is 11.7 Å². The first-order chi connectivity index (χ1) is 8.97. The molecule has 0 atom stereocenters. The molecule has 4 nitrogen and oxygen atoms in total. The molecule has 0 heterocycles. The minimum atomic E-state index is -0.820. The van der Waals surface area contributed by atoms with Gasteiger partial charge < -0.3 is 16.2 Å². The Balaban J connectivity index is 2.31. The normalized spacial score (nSPS) is 10.2. The summed E-state index contributed by atoms with van der Waals surface area (Å²) in [5.74, 6) is -0.860. The van der Waals surface area contributed by atoms with Gasteiger partial charge in [0.1, 0.15) is 11.6 Å². The molecule has 0 aromatic heterocycles. The first kappa shape index (κ1) is 12.9. The molecule has 0 radical (unpaired) electrons. The van der Waals surface area contributed by atoms with Gasteiger partial charge in [0.2, 0.25) is 0 Å². The van der Waals surface area contributed by atoms with Gasteiger partial charge in [0.25, 0.3) is 5.91 Å². The summed E-state index contributed by atoms with van der Waals surface area (Å²) in [5.41, 5.74) is 12.0. The Labute approximate surface area is 109 Å². The van der Waals surface area contributed by atoms with Gasteiger partial charge in [-0.25, -0.2) is 4.39 Å². The summed E-state index contributed by atoms with van der Waals surface area (Å²) in [7, 11) is 0. The number of carbonyl (C=O) groups excluding carboxylic acids is 1. The standard InChI is InChI=1S/C14H13FN2O2/c1-8-2-5-12(16)13(6-8)19-9-3-4-10(14(17)18)11(15)7-9/h2-7H,16H2,1H3,(H2,17,18). The van der Waals surface area contributed by atoms with E-state index in [-0.39, 0.29) is 11.3 Å². The van der Waals surface area contributed by atoms with Crippen molar-refractivity contribution in [3.05, 3.63) is 53.3 Å². The molecule has 2 aromatic rings. The first-order valence-corrected chi connectivity index (χ1v) is 5.60. The Morgan fingerprint density at radius 3 is 2.58 bits per heavy atom. The molecule has 19 heavy (non-hydrogen) atoms. The van der Waals surface area contributed by atoms with Crippen molar-refractivity contribution in [2.75, 3.05) is 5.73 Å². The Morgan fingerprint density at radius 2 is 1.95 bits per heavy atom. The van der Waals surface area contributed by atoms with Crippen LogP contribution in [0.1, 0.15) is 15.9 Å². The molecule has 0 saturated carbocycles. The van der Waals surface area contributed by atoms with Gasteiger partial charge in [0, 0.05) is 6.07 Å². The monoisotopic (exact) mass is 260 g/mol. The number of benzene rings is 2. The summed E-state index contributed by atoms with van der Waals surface area (Å²) in [5, 5.41) is 0. The number of nitrogens with two attached hydrogens (primary N) is 2. The third-order valence-corrected chi connectivity index (χ3v) is 2.60. The fraction of sp³-hybridized carbons (Fsp3) is 0.0714. The zero-order chi connectivity index (χ0) is 14.0. The van der Waals surface area contributed by atoms with Crippen LogP contribution in [-0.2, 0) is 0 Å². The van der Waals surface area contributed by atoms with E-state index in [0.717, 1.165) is 11.6 Å². The molecule has 0 spiro atoms. The van der Waals surface area contributed by atoms with Gasteiger partial charge in [0.05, 0.1) is 11.3 Å². The molecular weight excluding hydrogens is 247 g/mol. The number of primary amides is 1. The van der Waals surface area contributed by atoms with Gasteiger partial charge in [-0.05, 0) is 36.8 Å². The summed E-state index contributed by atoms with van der Waals surface area (Å²) in [6, 6.07) is 9.14. The molecule has 98 valence electrons. The minimum Gasteiger partial charge on any atom is -0.455 e. The quantitative estimate of drug-likeness (QED) is 0.832. The van der Waals surface area contributed by atoms with Gasteiger partial charge in [-0.2, -0.15) is 0 Å². The van der Waals surface area contributed by atoms with Crippen molar-refractivity contribution < 1.29 is 13.9 Å². The highest BCUT2D eigenvalue weighted by Gasteiger charge is 2.10. The van der Waals surface area contributed by atoms with Crippen LogP contribution in [0.5, 0.6) is 11.5 Å². The third kappa shape index (κ3) is 2.82. The van der Waals surface area contributed by atoms with Crippen LogP contribution in [0, 0.1) is 12.7 Å². The van der Waals surface area contributed by atoms with Crippen molar-refractivity contribution >= 4 is 11.6 Å². The Hall–Kier alpha value is -2.56. The molecule has 0 fully saturated rings. The second kappa shape index (κ2) is 4.97. The molecular formula is C14H13FN2O2. The van der Waals surface area contributed by atoms with E-state index >= 15 is 0 Å². The number of aryl methyl sites for hydroxylation is 1. The van der Waals surface area contributed by atoms with E-state index in [0.29, 0.717) is 11.4 Å². The zero-order valence-electron chi connectivity index (χ0n) is 10.3. The zero-order valence-corrected chi connectivity index (χ0v) is 10.3. The van der Waals surface area contributed by atoms with E-state index in [1.807, 2.05) is 13.0 Å². The number of halogens is 1. The SMILES string of the molecule is Cc1ccc(N)c(Oc2ccc(C(N)=O)c(F)c2)c1. The van der Waals surface area contributed by atoms with Crippen molar-refractivity contribution in [2.24, 2.45) is 5.73 Å². The van der Waals surface area contributed by atoms with Crippen LogP contribution >= 0.6 is 0 Å². The lowest BCUT2D eigenvalue weighted by Gasteiger charge is -2.10. The van der Waals surface area contributed by atoms with Gasteiger partial charge >= 0.3 is 0 Å². The Morgan fingerprint density at radius 1 is 1.21 bits per heavy atom. The van der Waals surface area contributed by atoms with E-state index in [4.69, 9.17) is 16.2 Å². The van der Waals surface area contributed by atoms with Gasteiger partial charge in [0.15, 0.2) is 5.75 Å². The highest BCUT2D eigenvalue weighted by Crippen LogP contribution is 2.29. The molecule has 0 saturated heterocycles. The summed E-state index contributed by atoms with van der Waals surface area (Å²) >= 11 is 0. The second-order valence-electron chi connectivity index (χ2n) is 4.15. The summed E-state index contributed by atoms with van der Waals surface area (Å²) < 4.78 is 19.1. The topological polar surface area (TPSA) is 78.3 Å². The Kier molecular flexibility index (Phi) is 3.37. The molecule has 0 unspecified atom stereocenters. The van der Waals surface area contributed by atoms with E-state index in [1.165, 1.54) is 12.1 Å². The number of carbonyl (C=O) groups is 1. The number of rotatable bonds is 3. The van der Waals surface area contributed by atoms with Crippen molar-refractivity contribution in [3.63, 3.8) is 0 Å². The lowest BCUT2D eigenvalue weighted by Crippen LogP contribution is -2.12. The van der Waals surface area contributed by atoms with Crippen molar-refractivity contribution in [1.29, 1.82) is 0 Å². The smallest absolute Gasteiger partial charge is 0.251 e. The summed E-state index contributed by atoms with van der Waals surface area (Å²) in [4.78, 5) is 10.9. The molecule has 0 aliphatic heterocycles. The largest absolute Gasteiger partial charge is 0.455 e. The van der Waals surface area contributed by atoms with Crippen LogP contribution in [0.3, 0.4) is 0 Å². The maximum absolute atomic E-state index is 13.6. The van der Waals surface area contributed by atoms with Gasteiger partial charge in [-0.15, -0.1) is 0 Å².